The summed E-state index contributed by atoms with van der Waals surface area (Å²) in [6, 6.07) is 7.59. The summed E-state index contributed by atoms with van der Waals surface area (Å²) in [7, 11) is 0. The van der Waals surface area contributed by atoms with Crippen LogP contribution in [-0.4, -0.2) is 0 Å². The Hall–Kier alpha value is -0.617. The summed E-state index contributed by atoms with van der Waals surface area (Å²) < 4.78 is 3.49. The fourth-order valence-corrected chi connectivity index (χ4v) is 9.58. The van der Waals surface area contributed by atoms with Gasteiger partial charge in [0.05, 0.1) is 0 Å². The Labute approximate surface area is 245 Å². The van der Waals surface area contributed by atoms with Gasteiger partial charge in [0.15, 0.2) is 0 Å². The number of rotatable bonds is 2. The van der Waals surface area contributed by atoms with E-state index >= 15 is 0 Å². The quantitative estimate of drug-likeness (QED) is 0.424. The zero-order valence-electron chi connectivity index (χ0n) is 24.4. The van der Waals surface area contributed by atoms with Crippen LogP contribution < -0.4 is 28.1 Å². The van der Waals surface area contributed by atoms with Crippen molar-refractivity contribution < 1.29 is 48.0 Å². The number of hydrogen-bond acceptors (Lipinski definition) is 0. The first kappa shape index (κ1) is 31.6. The summed E-state index contributed by atoms with van der Waals surface area (Å²) in [5.74, 6) is 0.590. The van der Waals surface area contributed by atoms with Gasteiger partial charge < -0.3 is 24.8 Å². The molecule has 0 heterocycles. The molecule has 2 aromatic carbocycles. The number of fused-ring (bicyclic) bond motifs is 3. The van der Waals surface area contributed by atoms with E-state index in [1.165, 1.54) is 33.4 Å². The van der Waals surface area contributed by atoms with Crippen molar-refractivity contribution in [3.8, 4) is 11.1 Å². The van der Waals surface area contributed by atoms with Gasteiger partial charge in [0.2, 0.25) is 0 Å². The molecular formula is C33H44Cl2Zr. The van der Waals surface area contributed by atoms with Gasteiger partial charge in [-0.3, -0.25) is 0 Å². The number of allylic oxidation sites excluding steroid dienone is 4. The molecule has 4 rings (SSSR count). The fourth-order valence-electron chi connectivity index (χ4n) is 5.84. The van der Waals surface area contributed by atoms with Crippen molar-refractivity contribution in [1.29, 1.82) is 0 Å². The van der Waals surface area contributed by atoms with Crippen molar-refractivity contribution in [3.05, 3.63) is 72.6 Å². The SMILES string of the molecule is Cc1cc2c(cc1C(C)(C)C)-c1cc(C(C)(C)C)c(C)[c]([Zr+2][C]3=CC(C(C)(C)C)=CC3C)c1C2.[Cl-].[Cl-]. The maximum Gasteiger partial charge on any atom is -1.00 e. The third-order valence-electron chi connectivity index (χ3n) is 7.78. The van der Waals surface area contributed by atoms with Gasteiger partial charge in [0, 0.05) is 0 Å². The zero-order valence-corrected chi connectivity index (χ0v) is 28.4. The van der Waals surface area contributed by atoms with Crippen molar-refractivity contribution >= 4 is 3.27 Å². The van der Waals surface area contributed by atoms with Gasteiger partial charge in [-0.25, -0.2) is 0 Å². The van der Waals surface area contributed by atoms with Gasteiger partial charge in [-0.1, -0.05) is 0 Å². The average Bonchev–Trinajstić information content (AvgIpc) is 3.21. The van der Waals surface area contributed by atoms with Crippen LogP contribution in [0.2, 0.25) is 0 Å². The zero-order chi connectivity index (χ0) is 25.4. The van der Waals surface area contributed by atoms with Gasteiger partial charge in [-0.05, 0) is 0 Å². The first-order valence-corrected chi connectivity index (χ1v) is 15.5. The molecule has 3 heteroatoms. The molecule has 36 heavy (non-hydrogen) atoms. The molecule has 0 radical (unpaired) electrons. The smallest absolute Gasteiger partial charge is 1.00 e. The van der Waals surface area contributed by atoms with Gasteiger partial charge in [-0.2, -0.15) is 0 Å². The molecule has 1 atom stereocenters. The molecule has 2 aliphatic carbocycles. The van der Waals surface area contributed by atoms with Gasteiger partial charge in [0.25, 0.3) is 0 Å². The van der Waals surface area contributed by atoms with Crippen LogP contribution in [0.5, 0.6) is 0 Å². The van der Waals surface area contributed by atoms with Crippen molar-refractivity contribution in [3.63, 3.8) is 0 Å². The Morgan fingerprint density at radius 1 is 0.750 bits per heavy atom. The van der Waals surface area contributed by atoms with Crippen LogP contribution in [0, 0.1) is 25.2 Å². The minimum atomic E-state index is -0.917. The van der Waals surface area contributed by atoms with E-state index in [1.807, 2.05) is 0 Å². The monoisotopic (exact) mass is 600 g/mol. The number of aryl methyl sites for hydroxylation is 1. The van der Waals surface area contributed by atoms with E-state index in [9.17, 15) is 0 Å². The Bertz CT molecular complexity index is 1220. The fraction of sp³-hybridized carbons (Fsp3) is 0.515. The Kier molecular flexibility index (Phi) is 9.22. The molecule has 2 aliphatic rings. The Balaban J connectivity index is 0.00000228. The molecule has 0 bridgehead atoms. The topological polar surface area (TPSA) is 0 Å². The summed E-state index contributed by atoms with van der Waals surface area (Å²) in [5, 5.41) is 0. The van der Waals surface area contributed by atoms with Crippen molar-refractivity contribution in [1.82, 2.24) is 0 Å². The number of halogens is 2. The third-order valence-corrected chi connectivity index (χ3v) is 12.2. The van der Waals surface area contributed by atoms with E-state index < -0.39 is 23.2 Å². The first-order chi connectivity index (χ1) is 15.5. The van der Waals surface area contributed by atoms with Crippen LogP contribution in [0.1, 0.15) is 103 Å². The Morgan fingerprint density at radius 2 is 1.31 bits per heavy atom. The van der Waals surface area contributed by atoms with E-state index in [0.717, 1.165) is 6.42 Å². The normalized spacial score (nSPS) is 16.8. The molecule has 0 spiro atoms. The van der Waals surface area contributed by atoms with Gasteiger partial charge >= 0.3 is 222 Å². The molecule has 2 aromatic rings. The standard InChI is InChI=1S/C23H29.C10H15.2ClH.Zr/c1-14-9-16-11-17-10-15(2)21(23(6,7)8)13-19(17)18(16)12-20(14)22(3,4)5;1-8-5-6-9(7-8)10(2,3)4;;;/h9,12-13H,11H2,1-8H3;6-8H,1-4H3;2*1H;/q;;;;+2/p-2. The van der Waals surface area contributed by atoms with Crippen LogP contribution in [0.25, 0.3) is 11.1 Å². The molecule has 0 saturated heterocycles. The average molecular weight is 603 g/mol. The predicted octanol–water partition coefficient (Wildman–Crippen LogP) is 2.69. The summed E-state index contributed by atoms with van der Waals surface area (Å²) in [6.07, 6.45) is 6.22. The summed E-state index contributed by atoms with van der Waals surface area (Å²) in [5.41, 5.74) is 14.4. The molecule has 0 nitrogen and oxygen atoms in total. The van der Waals surface area contributed by atoms with E-state index in [0.29, 0.717) is 5.92 Å². The molecule has 0 fully saturated rings. The van der Waals surface area contributed by atoms with Gasteiger partial charge in [-0.15, -0.1) is 0 Å². The van der Waals surface area contributed by atoms with Crippen LogP contribution in [-0.2, 0) is 40.5 Å². The molecule has 0 aliphatic heterocycles. The summed E-state index contributed by atoms with van der Waals surface area (Å²) >= 11 is -0.917. The van der Waals surface area contributed by atoms with E-state index in [-0.39, 0.29) is 41.1 Å². The molecule has 0 amide bonds. The Morgan fingerprint density at radius 3 is 1.81 bits per heavy atom. The summed E-state index contributed by atoms with van der Waals surface area (Å²) in [6.45, 7) is 28.4. The number of hydrogen-bond donors (Lipinski definition) is 0. The predicted molar refractivity (Wildman–Crippen MR) is 146 cm³/mol. The van der Waals surface area contributed by atoms with Gasteiger partial charge in [0.1, 0.15) is 0 Å². The van der Waals surface area contributed by atoms with E-state index in [4.69, 9.17) is 0 Å². The minimum absolute atomic E-state index is 0. The molecule has 194 valence electrons. The largest absolute Gasteiger partial charge is 1.00 e. The summed E-state index contributed by atoms with van der Waals surface area (Å²) in [4.78, 5) is 0. The third kappa shape index (κ3) is 5.85. The second kappa shape index (κ2) is 10.5. The molecular weight excluding hydrogens is 558 g/mol. The first-order valence-electron chi connectivity index (χ1n) is 13.0. The second-order valence-electron chi connectivity index (χ2n) is 13.8. The van der Waals surface area contributed by atoms with Crippen LogP contribution in [0.15, 0.2) is 39.2 Å². The molecule has 1 unspecified atom stereocenters. The molecule has 0 aromatic heterocycles. The molecule has 0 N–H and O–H groups in total. The van der Waals surface area contributed by atoms with Crippen molar-refractivity contribution in [2.75, 3.05) is 0 Å². The number of benzene rings is 2. The van der Waals surface area contributed by atoms with Crippen molar-refractivity contribution in [2.45, 2.75) is 100 Å². The maximum absolute atomic E-state index is 2.58. The van der Waals surface area contributed by atoms with Crippen LogP contribution in [0.4, 0.5) is 0 Å². The minimum Gasteiger partial charge on any atom is -1.00 e. The van der Waals surface area contributed by atoms with E-state index in [1.54, 1.807) is 23.2 Å². The van der Waals surface area contributed by atoms with E-state index in [2.05, 4.69) is 113 Å². The second-order valence-corrected chi connectivity index (χ2v) is 17.1. The van der Waals surface area contributed by atoms with Crippen LogP contribution >= 0.6 is 0 Å². The molecule has 0 saturated carbocycles. The maximum atomic E-state index is 2.58. The van der Waals surface area contributed by atoms with Crippen molar-refractivity contribution in [2.24, 2.45) is 11.3 Å². The van der Waals surface area contributed by atoms with Crippen LogP contribution in [0.3, 0.4) is 0 Å².